The van der Waals surface area contributed by atoms with Gasteiger partial charge in [-0.05, 0) is 102 Å². The van der Waals surface area contributed by atoms with Gasteiger partial charge in [0, 0.05) is 14.8 Å². The zero-order valence-electron chi connectivity index (χ0n) is 28.2. The molecular weight excluding hydrogens is 567 g/mol. The van der Waals surface area contributed by atoms with Gasteiger partial charge in [0.25, 0.3) is 0 Å². The molecule has 0 N–H and O–H groups in total. The normalized spacial score (nSPS) is 24.7. The average Bonchev–Trinajstić information content (AvgIpc) is 2.84. The molecule has 2 aliphatic carbocycles. The summed E-state index contributed by atoms with van der Waals surface area (Å²) in [4.78, 5) is 0. The second-order valence-electron chi connectivity index (χ2n) is 14.7. The van der Waals surface area contributed by atoms with Crippen molar-refractivity contribution in [2.75, 3.05) is 0 Å². The molecule has 0 saturated carbocycles. The van der Waals surface area contributed by atoms with E-state index >= 15 is 0 Å². The first kappa shape index (κ1) is 33.6. The van der Waals surface area contributed by atoms with E-state index < -0.39 is 7.92 Å². The van der Waals surface area contributed by atoms with Crippen molar-refractivity contribution < 1.29 is 0 Å². The molecule has 0 fully saturated rings. The highest BCUT2D eigenvalue weighted by Crippen LogP contribution is 2.71. The first-order valence-corrected chi connectivity index (χ1v) is 18.0. The van der Waals surface area contributed by atoms with Crippen LogP contribution in [-0.4, -0.2) is 10.3 Å². The Balaban J connectivity index is 2.56. The van der Waals surface area contributed by atoms with Crippen LogP contribution < -0.4 is 5.30 Å². The number of benzene rings is 1. The van der Waals surface area contributed by atoms with Crippen LogP contribution in [0.25, 0.3) is 0 Å². The standard InChI is InChI=1S/C38H58BrP/c1-23(2)31-17-32(24(3)4)20-37(19-31,27(9)10)40(36-29(13)15-35(39)16-30(36)14)38(28(11)12)21-33(25(5)6)18-34(22-38)26(7)8/h15-19,21,23-28H,20,22H2,1-14H3. The molecule has 0 nitrogen and oxygen atoms in total. The van der Waals surface area contributed by atoms with Crippen molar-refractivity contribution in [3.05, 3.63) is 74.3 Å². The van der Waals surface area contributed by atoms with Crippen LogP contribution in [0.4, 0.5) is 0 Å². The summed E-state index contributed by atoms with van der Waals surface area (Å²) in [5, 5.41) is 1.80. The lowest BCUT2D eigenvalue weighted by Crippen LogP contribution is -2.49. The second kappa shape index (κ2) is 12.8. The van der Waals surface area contributed by atoms with E-state index in [1.54, 1.807) is 27.6 Å². The average molecular weight is 626 g/mol. The highest BCUT2D eigenvalue weighted by atomic mass is 79.9. The molecule has 2 aliphatic rings. The topological polar surface area (TPSA) is 0 Å². The van der Waals surface area contributed by atoms with Gasteiger partial charge in [0.05, 0.1) is 0 Å². The molecule has 0 heterocycles. The maximum atomic E-state index is 3.85. The van der Waals surface area contributed by atoms with E-state index in [-0.39, 0.29) is 10.3 Å². The van der Waals surface area contributed by atoms with E-state index in [2.05, 4.69) is 149 Å². The lowest BCUT2D eigenvalue weighted by Gasteiger charge is -2.57. The Kier molecular flexibility index (Phi) is 10.7. The van der Waals surface area contributed by atoms with Gasteiger partial charge in [0.2, 0.25) is 0 Å². The number of hydrogen-bond acceptors (Lipinski definition) is 0. The van der Waals surface area contributed by atoms with Crippen LogP contribution in [0.5, 0.6) is 0 Å². The SMILES string of the molecule is Cc1cc(Br)cc(C)c1P(C1(C(C)C)C=C(C(C)C)C=C(C(C)C)C1)C1(C(C)C)C=C(C(C)C)C=C(C(C)C)C1. The minimum atomic E-state index is -0.654. The Morgan fingerprint density at radius 1 is 0.600 bits per heavy atom. The van der Waals surface area contributed by atoms with Gasteiger partial charge in [-0.2, -0.15) is 0 Å². The van der Waals surface area contributed by atoms with Crippen molar-refractivity contribution in [2.24, 2.45) is 35.5 Å². The van der Waals surface area contributed by atoms with Crippen LogP contribution >= 0.6 is 23.9 Å². The summed E-state index contributed by atoms with van der Waals surface area (Å²) in [6, 6.07) is 4.79. The Morgan fingerprint density at radius 3 is 1.23 bits per heavy atom. The summed E-state index contributed by atoms with van der Waals surface area (Å²) in [6.45, 7) is 34.1. The molecule has 1 aromatic carbocycles. The number of allylic oxidation sites excluding steroid dienone is 8. The lowest BCUT2D eigenvalue weighted by atomic mass is 9.76. The molecule has 3 rings (SSSR count). The Labute approximate surface area is 258 Å². The third-order valence-corrected chi connectivity index (χ3v) is 14.7. The first-order valence-electron chi connectivity index (χ1n) is 15.9. The maximum absolute atomic E-state index is 3.85. The van der Waals surface area contributed by atoms with Crippen molar-refractivity contribution in [1.82, 2.24) is 0 Å². The van der Waals surface area contributed by atoms with Crippen LogP contribution in [0.1, 0.15) is 107 Å². The lowest BCUT2D eigenvalue weighted by molar-refractivity contribution is 0.429. The maximum Gasteiger partial charge on any atom is 0.0198 e. The molecule has 0 spiro atoms. The summed E-state index contributed by atoms with van der Waals surface area (Å²) in [7, 11) is -0.654. The molecule has 2 heteroatoms. The number of halogens is 1. The van der Waals surface area contributed by atoms with Crippen molar-refractivity contribution in [1.29, 1.82) is 0 Å². The summed E-state index contributed by atoms with van der Waals surface area (Å²) in [5.41, 5.74) is 9.29. The largest absolute Gasteiger partial charge is 0.0696 e. The number of rotatable bonds is 9. The minimum Gasteiger partial charge on any atom is -0.0696 e. The second-order valence-corrected chi connectivity index (χ2v) is 18.4. The van der Waals surface area contributed by atoms with E-state index in [9.17, 15) is 0 Å². The molecule has 222 valence electrons. The van der Waals surface area contributed by atoms with E-state index in [0.29, 0.717) is 35.5 Å². The van der Waals surface area contributed by atoms with Gasteiger partial charge in [0.15, 0.2) is 0 Å². The minimum absolute atomic E-state index is 0.0783. The van der Waals surface area contributed by atoms with Crippen LogP contribution in [0.15, 0.2) is 63.2 Å². The Bertz CT molecular complexity index is 1110. The highest BCUT2D eigenvalue weighted by Gasteiger charge is 2.55. The molecule has 0 aromatic heterocycles. The molecule has 0 saturated heterocycles. The zero-order chi connectivity index (χ0) is 30.3. The van der Waals surface area contributed by atoms with Gasteiger partial charge in [-0.3, -0.25) is 0 Å². The highest BCUT2D eigenvalue weighted by molar-refractivity contribution is 9.10. The quantitative estimate of drug-likeness (QED) is 0.240. The predicted octanol–water partition coefficient (Wildman–Crippen LogP) is 12.1. The summed E-state index contributed by atoms with van der Waals surface area (Å²) >= 11 is 3.85. The monoisotopic (exact) mass is 624 g/mol. The van der Waals surface area contributed by atoms with E-state index in [4.69, 9.17) is 0 Å². The van der Waals surface area contributed by atoms with Crippen LogP contribution in [0, 0.1) is 49.4 Å². The molecule has 2 unspecified atom stereocenters. The molecule has 0 aliphatic heterocycles. The smallest absolute Gasteiger partial charge is 0.0198 e. The van der Waals surface area contributed by atoms with E-state index in [1.165, 1.54) is 28.4 Å². The van der Waals surface area contributed by atoms with Gasteiger partial charge in [-0.25, -0.2) is 0 Å². The van der Waals surface area contributed by atoms with Crippen molar-refractivity contribution in [3.8, 4) is 0 Å². The molecule has 0 bridgehead atoms. The van der Waals surface area contributed by atoms with Crippen LogP contribution in [0.2, 0.25) is 0 Å². The fourth-order valence-electron chi connectivity index (χ4n) is 6.96. The van der Waals surface area contributed by atoms with Gasteiger partial charge >= 0.3 is 0 Å². The fraction of sp³-hybridized carbons (Fsp3) is 0.632. The van der Waals surface area contributed by atoms with Gasteiger partial charge in [-0.1, -0.05) is 142 Å². The van der Waals surface area contributed by atoms with Crippen LogP contribution in [-0.2, 0) is 0 Å². The summed E-state index contributed by atoms with van der Waals surface area (Å²) in [6.07, 6.45) is 13.1. The number of hydrogen-bond donors (Lipinski definition) is 0. The first-order chi connectivity index (χ1) is 18.5. The van der Waals surface area contributed by atoms with Gasteiger partial charge in [0.1, 0.15) is 0 Å². The Morgan fingerprint density at radius 2 is 0.950 bits per heavy atom. The summed E-state index contributed by atoms with van der Waals surface area (Å²) in [5.74, 6) is 3.20. The van der Waals surface area contributed by atoms with Crippen LogP contribution in [0.3, 0.4) is 0 Å². The van der Waals surface area contributed by atoms with E-state index in [1.807, 2.05) is 0 Å². The fourth-order valence-corrected chi connectivity index (χ4v) is 12.4. The zero-order valence-corrected chi connectivity index (χ0v) is 30.6. The van der Waals surface area contributed by atoms with E-state index in [0.717, 1.165) is 0 Å². The molecule has 1 aromatic rings. The van der Waals surface area contributed by atoms with Gasteiger partial charge in [-0.15, -0.1) is 0 Å². The van der Waals surface area contributed by atoms with Crippen molar-refractivity contribution in [2.45, 2.75) is 120 Å². The van der Waals surface area contributed by atoms with Crippen molar-refractivity contribution in [3.63, 3.8) is 0 Å². The molecule has 0 amide bonds. The van der Waals surface area contributed by atoms with Crippen molar-refractivity contribution >= 4 is 29.2 Å². The predicted molar refractivity (Wildman–Crippen MR) is 186 cm³/mol. The van der Waals surface area contributed by atoms with Gasteiger partial charge < -0.3 is 0 Å². The Hall–Kier alpha value is -0.910. The molecule has 0 radical (unpaired) electrons. The molecule has 40 heavy (non-hydrogen) atoms. The number of aryl methyl sites for hydroxylation is 2. The summed E-state index contributed by atoms with van der Waals surface area (Å²) < 4.78 is 1.20. The third kappa shape index (κ3) is 6.37. The molecular formula is C38H58BrP. The molecule has 2 atom stereocenters. The third-order valence-electron chi connectivity index (χ3n) is 9.84.